The summed E-state index contributed by atoms with van der Waals surface area (Å²) in [5.74, 6) is -0.615. The summed E-state index contributed by atoms with van der Waals surface area (Å²) < 4.78 is 27.7. The standard InChI is InChI=1S/C14H15BrN4O3S2/c15-11-3-5-12(6-4-11)24(21,22)19-7-1-2-10(8-19)13(20)17-14-18-16-9-23-14/h3-6,9-10H,1-2,7-8H2,(H,17,18,20). The van der Waals surface area contributed by atoms with Gasteiger partial charge in [0.05, 0.1) is 10.8 Å². The number of carbonyl (C=O) groups is 1. The van der Waals surface area contributed by atoms with Gasteiger partial charge in [-0.3, -0.25) is 4.79 Å². The Labute approximate surface area is 152 Å². The third-order valence-corrected chi connectivity index (χ3v) is 6.81. The van der Waals surface area contributed by atoms with Crippen molar-refractivity contribution >= 4 is 48.3 Å². The molecule has 0 spiro atoms. The van der Waals surface area contributed by atoms with E-state index in [0.717, 1.165) is 4.47 Å². The molecule has 10 heteroatoms. The van der Waals surface area contributed by atoms with Crippen molar-refractivity contribution in [2.75, 3.05) is 18.4 Å². The van der Waals surface area contributed by atoms with Crippen molar-refractivity contribution in [1.29, 1.82) is 0 Å². The van der Waals surface area contributed by atoms with E-state index >= 15 is 0 Å². The third kappa shape index (κ3) is 3.82. The second-order valence-corrected chi connectivity index (χ2v) is 9.08. The Bertz CT molecular complexity index is 809. The first kappa shape index (κ1) is 17.5. The van der Waals surface area contributed by atoms with E-state index in [4.69, 9.17) is 0 Å². The Morgan fingerprint density at radius 3 is 2.75 bits per heavy atom. The zero-order valence-electron chi connectivity index (χ0n) is 12.6. The van der Waals surface area contributed by atoms with Crippen molar-refractivity contribution in [2.24, 2.45) is 5.92 Å². The van der Waals surface area contributed by atoms with Crippen molar-refractivity contribution in [3.63, 3.8) is 0 Å². The molecule has 1 unspecified atom stereocenters. The third-order valence-electron chi connectivity index (χ3n) is 3.80. The zero-order chi connectivity index (χ0) is 17.2. The summed E-state index contributed by atoms with van der Waals surface area (Å²) in [6.07, 6.45) is 1.29. The van der Waals surface area contributed by atoms with Crippen LogP contribution in [0.4, 0.5) is 5.13 Å². The number of carbonyl (C=O) groups excluding carboxylic acids is 1. The van der Waals surface area contributed by atoms with Gasteiger partial charge in [-0.1, -0.05) is 27.3 Å². The molecular formula is C14H15BrN4O3S2. The van der Waals surface area contributed by atoms with Gasteiger partial charge in [-0.15, -0.1) is 10.2 Å². The number of hydrogen-bond acceptors (Lipinski definition) is 6. The monoisotopic (exact) mass is 430 g/mol. The number of anilines is 1. The lowest BCUT2D eigenvalue weighted by molar-refractivity contribution is -0.120. The van der Waals surface area contributed by atoms with Crippen molar-refractivity contribution < 1.29 is 13.2 Å². The molecule has 128 valence electrons. The first-order valence-electron chi connectivity index (χ1n) is 7.29. The molecule has 0 radical (unpaired) electrons. The van der Waals surface area contributed by atoms with Gasteiger partial charge < -0.3 is 5.32 Å². The van der Waals surface area contributed by atoms with Crippen LogP contribution in [0.3, 0.4) is 0 Å². The Kier molecular flexibility index (Phi) is 5.28. The van der Waals surface area contributed by atoms with E-state index in [-0.39, 0.29) is 17.3 Å². The highest BCUT2D eigenvalue weighted by Gasteiger charge is 2.33. The minimum Gasteiger partial charge on any atom is -0.300 e. The Hall–Kier alpha value is -1.36. The van der Waals surface area contributed by atoms with Crippen molar-refractivity contribution in [3.8, 4) is 0 Å². The van der Waals surface area contributed by atoms with Gasteiger partial charge in [0.2, 0.25) is 21.1 Å². The first-order chi connectivity index (χ1) is 11.5. The van der Waals surface area contributed by atoms with Crippen LogP contribution in [0, 0.1) is 5.92 Å². The van der Waals surface area contributed by atoms with E-state index in [1.807, 2.05) is 0 Å². The average molecular weight is 431 g/mol. The van der Waals surface area contributed by atoms with Crippen LogP contribution in [-0.4, -0.2) is 41.9 Å². The minimum atomic E-state index is -3.60. The molecule has 1 fully saturated rings. The number of halogens is 1. The molecule has 1 aromatic carbocycles. The molecule has 0 saturated carbocycles. The molecule has 2 aromatic rings. The number of rotatable bonds is 4. The molecule has 1 aliphatic heterocycles. The normalized spacial score (nSPS) is 19.1. The molecule has 1 aliphatic rings. The van der Waals surface area contributed by atoms with E-state index in [9.17, 15) is 13.2 Å². The molecule has 7 nitrogen and oxygen atoms in total. The Morgan fingerprint density at radius 2 is 2.08 bits per heavy atom. The Morgan fingerprint density at radius 1 is 1.33 bits per heavy atom. The molecule has 2 heterocycles. The topological polar surface area (TPSA) is 92.3 Å². The van der Waals surface area contributed by atoms with Crippen molar-refractivity contribution in [2.45, 2.75) is 17.7 Å². The first-order valence-corrected chi connectivity index (χ1v) is 10.4. The van der Waals surface area contributed by atoms with Crippen LogP contribution in [0.25, 0.3) is 0 Å². The number of benzene rings is 1. The van der Waals surface area contributed by atoms with Crippen LogP contribution in [-0.2, 0) is 14.8 Å². The molecule has 0 aliphatic carbocycles. The van der Waals surface area contributed by atoms with E-state index in [1.54, 1.807) is 24.3 Å². The summed E-state index contributed by atoms with van der Waals surface area (Å²) in [6.45, 7) is 0.587. The number of nitrogens with one attached hydrogen (secondary N) is 1. The molecule has 1 saturated heterocycles. The number of piperidine rings is 1. The number of sulfonamides is 1. The maximum atomic E-state index is 12.7. The highest BCUT2D eigenvalue weighted by atomic mass is 79.9. The van der Waals surface area contributed by atoms with Crippen LogP contribution in [0.5, 0.6) is 0 Å². The molecule has 0 bridgehead atoms. The van der Waals surface area contributed by atoms with Crippen LogP contribution in [0.1, 0.15) is 12.8 Å². The number of nitrogens with zero attached hydrogens (tertiary/aromatic N) is 3. The van der Waals surface area contributed by atoms with Crippen LogP contribution < -0.4 is 5.32 Å². The zero-order valence-corrected chi connectivity index (χ0v) is 15.8. The van der Waals surface area contributed by atoms with Gasteiger partial charge in [0.1, 0.15) is 5.51 Å². The molecule has 3 rings (SSSR count). The number of hydrogen-bond donors (Lipinski definition) is 1. The SMILES string of the molecule is O=C(Nc1nncs1)C1CCCN(S(=O)(=O)c2ccc(Br)cc2)C1. The van der Waals surface area contributed by atoms with Crippen LogP contribution >= 0.6 is 27.3 Å². The quantitative estimate of drug-likeness (QED) is 0.803. The van der Waals surface area contributed by atoms with Gasteiger partial charge in [-0.25, -0.2) is 8.42 Å². The summed E-state index contributed by atoms with van der Waals surface area (Å²) in [7, 11) is -3.60. The molecule has 1 atom stereocenters. The summed E-state index contributed by atoms with van der Waals surface area (Å²) in [4.78, 5) is 12.6. The van der Waals surface area contributed by atoms with Gasteiger partial charge in [0, 0.05) is 17.6 Å². The smallest absolute Gasteiger partial charge is 0.243 e. The van der Waals surface area contributed by atoms with Gasteiger partial charge in [-0.2, -0.15) is 4.31 Å². The van der Waals surface area contributed by atoms with Crippen LogP contribution in [0.2, 0.25) is 0 Å². The second-order valence-electron chi connectivity index (χ2n) is 5.39. The van der Waals surface area contributed by atoms with E-state index in [0.29, 0.717) is 24.5 Å². The van der Waals surface area contributed by atoms with E-state index in [1.165, 1.54) is 21.2 Å². The van der Waals surface area contributed by atoms with Crippen molar-refractivity contribution in [1.82, 2.24) is 14.5 Å². The van der Waals surface area contributed by atoms with Gasteiger partial charge in [-0.05, 0) is 37.1 Å². The highest BCUT2D eigenvalue weighted by molar-refractivity contribution is 9.10. The lowest BCUT2D eigenvalue weighted by atomic mass is 9.99. The molecule has 1 amide bonds. The largest absolute Gasteiger partial charge is 0.300 e. The van der Waals surface area contributed by atoms with Crippen molar-refractivity contribution in [3.05, 3.63) is 34.2 Å². The summed E-state index contributed by atoms with van der Waals surface area (Å²) >= 11 is 4.52. The molecular weight excluding hydrogens is 416 g/mol. The second kappa shape index (κ2) is 7.26. The summed E-state index contributed by atoms with van der Waals surface area (Å²) in [5, 5.41) is 10.6. The average Bonchev–Trinajstić information content (AvgIpc) is 3.08. The Balaban J connectivity index is 1.72. The van der Waals surface area contributed by atoms with E-state index < -0.39 is 15.9 Å². The fourth-order valence-corrected chi connectivity index (χ4v) is 4.80. The minimum absolute atomic E-state index is 0.170. The van der Waals surface area contributed by atoms with Gasteiger partial charge >= 0.3 is 0 Å². The molecule has 1 aromatic heterocycles. The summed E-state index contributed by atoms with van der Waals surface area (Å²) in [5.41, 5.74) is 1.53. The maximum Gasteiger partial charge on any atom is 0.243 e. The predicted octanol–water partition coefficient (Wildman–Crippen LogP) is 2.34. The summed E-state index contributed by atoms with van der Waals surface area (Å²) in [6, 6.07) is 6.50. The van der Waals surface area contributed by atoms with E-state index in [2.05, 4.69) is 31.4 Å². The van der Waals surface area contributed by atoms with Crippen LogP contribution in [0.15, 0.2) is 39.1 Å². The lowest BCUT2D eigenvalue weighted by Crippen LogP contribution is -2.43. The fraction of sp³-hybridized carbons (Fsp3) is 0.357. The lowest BCUT2D eigenvalue weighted by Gasteiger charge is -2.31. The van der Waals surface area contributed by atoms with Gasteiger partial charge in [0.25, 0.3) is 0 Å². The predicted molar refractivity (Wildman–Crippen MR) is 94.2 cm³/mol. The highest BCUT2D eigenvalue weighted by Crippen LogP contribution is 2.25. The molecule has 24 heavy (non-hydrogen) atoms. The fourth-order valence-electron chi connectivity index (χ4n) is 2.57. The number of aromatic nitrogens is 2. The van der Waals surface area contributed by atoms with Gasteiger partial charge in [0.15, 0.2) is 0 Å². The maximum absolute atomic E-state index is 12.7. The molecule has 1 N–H and O–H groups in total. The number of amides is 1.